The van der Waals surface area contributed by atoms with E-state index in [1.165, 1.54) is 29.1 Å². The fraction of sp³-hybridized carbons (Fsp3) is 0.333. The average Bonchev–Trinajstić information content (AvgIpc) is 1.07. The van der Waals surface area contributed by atoms with Gasteiger partial charge in [0.05, 0.1) is 48.1 Å². The van der Waals surface area contributed by atoms with E-state index >= 15 is 0 Å². The maximum absolute atomic E-state index is 14.6. The third kappa shape index (κ3) is 19.0. The average molecular weight is 1390 g/mol. The van der Waals surface area contributed by atoms with E-state index in [-0.39, 0.29) is 90.9 Å². The third-order valence-electron chi connectivity index (χ3n) is 18.4. The van der Waals surface area contributed by atoms with Crippen molar-refractivity contribution in [3.05, 3.63) is 219 Å². The smallest absolute Gasteiger partial charge is 0.254 e. The van der Waals surface area contributed by atoms with Gasteiger partial charge in [0.25, 0.3) is 11.8 Å². The number of rotatable bonds is 31. The zero-order chi connectivity index (χ0) is 71.5. The number of carbonyl (C=O) groups is 7. The number of aromatic hydroxyl groups is 1. The molecule has 0 radical (unpaired) electrons. The molecule has 6 aromatic carbocycles. The van der Waals surface area contributed by atoms with Crippen molar-refractivity contribution in [2.24, 2.45) is 0 Å². The second-order valence-corrected chi connectivity index (χ2v) is 25.5. The Kier molecular flexibility index (Phi) is 25.3. The summed E-state index contributed by atoms with van der Waals surface area (Å²) in [5.41, 5.74) is 7.58. The number of nitrogens with one attached hydrogen (secondary N) is 4. The van der Waals surface area contributed by atoms with Crippen molar-refractivity contribution in [2.45, 2.75) is 110 Å². The van der Waals surface area contributed by atoms with Gasteiger partial charge in [-0.25, -0.2) is 13.6 Å². The number of unbranched alkanes of at least 4 members (excludes halogenated alkanes) is 2. The van der Waals surface area contributed by atoms with Crippen LogP contribution < -0.4 is 36.1 Å². The van der Waals surface area contributed by atoms with Crippen LogP contribution in [0.5, 0.6) is 5.75 Å². The lowest BCUT2D eigenvalue weighted by Crippen LogP contribution is -2.50. The molecule has 6 N–H and O–H groups in total. The minimum Gasteiger partial charge on any atom is -0.508 e. The Morgan fingerprint density at radius 2 is 1.37 bits per heavy atom. The number of aliphatic hydroxyl groups excluding tert-OH is 1. The zero-order valence-electron chi connectivity index (χ0n) is 57.3. The lowest BCUT2D eigenvalue weighted by atomic mass is 9.90. The summed E-state index contributed by atoms with van der Waals surface area (Å²) < 4.78 is 24.2. The largest absolute Gasteiger partial charge is 0.508 e. The minimum atomic E-state index is -1.26. The van der Waals surface area contributed by atoms with Crippen LogP contribution in [0.2, 0.25) is 5.02 Å². The molecule has 1 aromatic heterocycles. The quantitative estimate of drug-likeness (QED) is 0.0102. The van der Waals surface area contributed by atoms with Gasteiger partial charge in [-0.15, -0.1) is 5.10 Å². The SMILES string of the molecule is CCN(CC)c1ccc2c(-c3ccccc3C(=O)N3CCN(C(=O)CCC(=O)NCCCCCC(=O)N[C@@H](Cc4ccc(C(=O)c5ccccc5)cc4)C(=O)NCc4cn(CC(O)[C@H](Cc5ccc(O)cc5)NC(=O)c5ccc(F)cc5Cl)nn4)CC3)c3ccc(=[N+](CC)CC)cc-3oc2c1. The number of ketones is 1. The van der Waals surface area contributed by atoms with Gasteiger partial charge in [-0.1, -0.05) is 108 Å². The first kappa shape index (κ1) is 73.1. The maximum atomic E-state index is 14.6. The highest BCUT2D eigenvalue weighted by molar-refractivity contribution is 6.33. The van der Waals surface area contributed by atoms with Crippen LogP contribution in [0.25, 0.3) is 33.4 Å². The van der Waals surface area contributed by atoms with Gasteiger partial charge in [0.2, 0.25) is 29.0 Å². The van der Waals surface area contributed by atoms with Crippen molar-refractivity contribution >= 4 is 69.5 Å². The van der Waals surface area contributed by atoms with E-state index in [0.717, 1.165) is 82.8 Å². The standard InChI is InChI=1S/C78H85ClFN11O10/c1-5-87(6-2)57-29-34-63-69(46-57)101-70-47-58(88(7-3)8-4)30-35-64(70)74(63)60-19-14-15-20-61(60)78(100)90-41-39-89(40-42-90)73(96)37-36-71(94)81-38-16-10-13-21-72(95)83-67(44-51-22-26-54(27-23-51)75(97)53-17-11-9-12-18-53)77(99)82-48-56-49-91(86-85-56)50-68(93)66(43-52-24-31-59(92)32-25-52)84-76(98)62-33-28-55(80)45-65(62)79/h9,11-12,14-15,17-20,22-35,45-47,49,66-68,93H,5-8,10,13,16,21,36-44,48,50H2,1-4H3,(H4-,81,82,83,84,92,94,95,98,99)/p+1/t66-,67-,68?/m0/s1. The predicted molar refractivity (Wildman–Crippen MR) is 386 cm³/mol. The number of amides is 6. The van der Waals surface area contributed by atoms with Gasteiger partial charge in [-0.2, -0.15) is 0 Å². The van der Waals surface area contributed by atoms with Crippen molar-refractivity contribution in [3.63, 3.8) is 0 Å². The number of anilines is 1. The lowest BCUT2D eigenvalue weighted by molar-refractivity contribution is -0.134. The summed E-state index contributed by atoms with van der Waals surface area (Å²) in [7, 11) is 0. The van der Waals surface area contributed by atoms with Gasteiger partial charge < -0.3 is 50.6 Å². The van der Waals surface area contributed by atoms with E-state index in [0.29, 0.717) is 85.5 Å². The number of halogens is 2. The summed E-state index contributed by atoms with van der Waals surface area (Å²) in [4.78, 5) is 101. The molecular formula is C78H86ClFN11O10+. The molecule has 21 nitrogen and oxygen atoms in total. The number of piperazine rings is 1. The molecule has 0 bridgehead atoms. The molecule has 3 aliphatic rings. The van der Waals surface area contributed by atoms with Crippen LogP contribution in [0.3, 0.4) is 0 Å². The molecule has 1 aliphatic carbocycles. The van der Waals surface area contributed by atoms with Gasteiger partial charge in [0.1, 0.15) is 47.7 Å². The Morgan fingerprint density at radius 1 is 0.673 bits per heavy atom. The van der Waals surface area contributed by atoms with Crippen molar-refractivity contribution in [2.75, 3.05) is 63.8 Å². The molecule has 0 saturated carbocycles. The Hall–Kier alpha value is -10.6. The first-order chi connectivity index (χ1) is 48.9. The number of phenolic OH excluding ortho intramolecular Hbond substituents is 1. The summed E-state index contributed by atoms with van der Waals surface area (Å²) in [6, 6.07) is 43.5. The van der Waals surface area contributed by atoms with Crippen LogP contribution in [-0.2, 0) is 45.1 Å². The monoisotopic (exact) mass is 1390 g/mol. The number of aromatic nitrogens is 3. The highest BCUT2D eigenvalue weighted by atomic mass is 35.5. The minimum absolute atomic E-state index is 0.000500. The number of fused-ring (bicyclic) bond motifs is 2. The Labute approximate surface area is 591 Å². The summed E-state index contributed by atoms with van der Waals surface area (Å²) in [5.74, 6) is -2.18. The van der Waals surface area contributed by atoms with Gasteiger partial charge in [-0.05, 0) is 118 Å². The van der Waals surface area contributed by atoms with Crippen molar-refractivity contribution in [1.29, 1.82) is 0 Å². The number of hydrogen-bond acceptors (Lipinski definition) is 13. The van der Waals surface area contributed by atoms with Crippen LogP contribution in [0.4, 0.5) is 10.1 Å². The lowest BCUT2D eigenvalue weighted by Gasteiger charge is -2.35. The molecule has 0 spiro atoms. The molecule has 1 fully saturated rings. The van der Waals surface area contributed by atoms with Gasteiger partial charge in [0.15, 0.2) is 5.78 Å². The van der Waals surface area contributed by atoms with E-state index < -0.39 is 35.8 Å². The highest BCUT2D eigenvalue weighted by Crippen LogP contribution is 2.42. The molecule has 23 heteroatoms. The van der Waals surface area contributed by atoms with Crippen LogP contribution in [0.15, 0.2) is 168 Å². The van der Waals surface area contributed by atoms with Crippen LogP contribution in [0.1, 0.15) is 120 Å². The number of phenols is 1. The van der Waals surface area contributed by atoms with E-state index in [9.17, 15) is 48.2 Å². The van der Waals surface area contributed by atoms with E-state index in [1.54, 1.807) is 70.5 Å². The van der Waals surface area contributed by atoms with E-state index in [4.69, 9.17) is 16.0 Å². The molecule has 10 rings (SSSR count). The van der Waals surface area contributed by atoms with E-state index in [2.05, 4.69) is 105 Å². The van der Waals surface area contributed by atoms with Crippen LogP contribution in [-0.4, -0.2) is 153 Å². The maximum Gasteiger partial charge on any atom is 0.254 e. The molecule has 3 atom stereocenters. The predicted octanol–water partition coefficient (Wildman–Crippen LogP) is 9.37. The summed E-state index contributed by atoms with van der Waals surface area (Å²) in [6.07, 6.45) is 2.13. The molecule has 526 valence electrons. The normalized spacial score (nSPS) is 13.1. The molecule has 2 aliphatic heterocycles. The topological polar surface area (TPSA) is 265 Å². The second kappa shape index (κ2) is 35.0. The molecule has 1 saturated heterocycles. The first-order valence-electron chi connectivity index (χ1n) is 34.5. The Balaban J connectivity index is 0.693. The van der Waals surface area contributed by atoms with E-state index in [1.807, 2.05) is 30.3 Å². The van der Waals surface area contributed by atoms with Crippen molar-refractivity contribution in [3.8, 4) is 28.2 Å². The Bertz CT molecular complexity index is 4430. The Morgan fingerprint density at radius 3 is 2.09 bits per heavy atom. The molecular weight excluding hydrogens is 1310 g/mol. The van der Waals surface area contributed by atoms with Gasteiger partial charge in [0, 0.05) is 123 Å². The van der Waals surface area contributed by atoms with Crippen molar-refractivity contribution in [1.82, 2.24) is 50.6 Å². The highest BCUT2D eigenvalue weighted by Gasteiger charge is 2.31. The zero-order valence-corrected chi connectivity index (χ0v) is 58.1. The number of nitrogens with zero attached hydrogens (tertiary/aromatic N) is 7. The summed E-state index contributed by atoms with van der Waals surface area (Å²) in [6.45, 7) is 13.2. The number of aliphatic hydroxyl groups is 1. The molecule has 7 aromatic rings. The third-order valence-corrected chi connectivity index (χ3v) is 18.7. The number of hydrogen-bond donors (Lipinski definition) is 6. The fourth-order valence-corrected chi connectivity index (χ4v) is 13.0. The van der Waals surface area contributed by atoms with Crippen LogP contribution in [0, 0.1) is 5.82 Å². The second-order valence-electron chi connectivity index (χ2n) is 25.1. The van der Waals surface area contributed by atoms with Gasteiger partial charge in [-0.3, -0.25) is 33.6 Å². The molecule has 3 heterocycles. The molecule has 101 heavy (non-hydrogen) atoms. The van der Waals surface area contributed by atoms with Crippen molar-refractivity contribution < 1.29 is 52.6 Å². The molecule has 6 amide bonds. The fourth-order valence-electron chi connectivity index (χ4n) is 12.7. The summed E-state index contributed by atoms with van der Waals surface area (Å²) in [5, 5.41) is 43.0. The molecule has 1 unspecified atom stereocenters. The number of benzene rings is 7. The van der Waals surface area contributed by atoms with Gasteiger partial charge >= 0.3 is 0 Å². The number of carbonyl (C=O) groups excluding carboxylic acids is 7. The van der Waals surface area contributed by atoms with Crippen LogP contribution >= 0.6 is 11.6 Å². The first-order valence-corrected chi connectivity index (χ1v) is 34.9. The summed E-state index contributed by atoms with van der Waals surface area (Å²) >= 11 is 6.19.